The molecular weight excluding hydrogens is 386 g/mol. The third-order valence-electron chi connectivity index (χ3n) is 4.49. The highest BCUT2D eigenvalue weighted by Crippen LogP contribution is 2.14. The van der Waals surface area contributed by atoms with Gasteiger partial charge < -0.3 is 10.6 Å². The van der Waals surface area contributed by atoms with Gasteiger partial charge in [-0.25, -0.2) is 15.0 Å². The Hall–Kier alpha value is -3.33. The van der Waals surface area contributed by atoms with Crippen molar-refractivity contribution in [1.29, 1.82) is 0 Å². The first-order chi connectivity index (χ1) is 14.5. The van der Waals surface area contributed by atoms with Gasteiger partial charge in [-0.05, 0) is 12.5 Å². The topological polar surface area (TPSA) is 125 Å². The molecule has 9 heteroatoms. The number of nitrogens with zero attached hydrogens (tertiary/aromatic N) is 3. The lowest BCUT2D eigenvalue weighted by atomic mass is 10.0. The van der Waals surface area contributed by atoms with Gasteiger partial charge in [-0.1, -0.05) is 56.5 Å². The summed E-state index contributed by atoms with van der Waals surface area (Å²) in [5.41, 5.74) is 0.971. The van der Waals surface area contributed by atoms with E-state index in [0.717, 1.165) is 24.8 Å². The smallest absolute Gasteiger partial charge is 0.271 e. The van der Waals surface area contributed by atoms with E-state index >= 15 is 0 Å². The van der Waals surface area contributed by atoms with E-state index in [1.165, 1.54) is 12.3 Å². The predicted octanol–water partition coefficient (Wildman–Crippen LogP) is 1.99. The predicted molar refractivity (Wildman–Crippen MR) is 110 cm³/mol. The standard InChI is InChI=1S/C21H27N5O4/c1-2-3-5-10-17(13-26(30)15-27)20(28)23-14-24-21(29)18-11-12-22-19(25-18)16-8-6-4-7-9-16/h4,6-9,11-12,15,17,30H,2-3,5,10,13-14H2,1H3,(H,23,28)(H,24,29)/t17-/m1/s1. The van der Waals surface area contributed by atoms with E-state index < -0.39 is 11.8 Å². The van der Waals surface area contributed by atoms with Crippen LogP contribution in [0.2, 0.25) is 0 Å². The highest BCUT2D eigenvalue weighted by Gasteiger charge is 2.20. The Kier molecular flexibility index (Phi) is 9.39. The molecule has 3 amide bonds. The average Bonchev–Trinajstić information content (AvgIpc) is 2.78. The van der Waals surface area contributed by atoms with Crippen LogP contribution in [0.1, 0.15) is 43.1 Å². The van der Waals surface area contributed by atoms with Crippen LogP contribution in [0.3, 0.4) is 0 Å². The number of carbonyl (C=O) groups is 3. The van der Waals surface area contributed by atoms with Crippen molar-refractivity contribution in [3.05, 3.63) is 48.3 Å². The molecule has 9 nitrogen and oxygen atoms in total. The number of nitrogens with one attached hydrogen (secondary N) is 2. The van der Waals surface area contributed by atoms with Crippen LogP contribution in [0.4, 0.5) is 0 Å². The van der Waals surface area contributed by atoms with Gasteiger partial charge in [0, 0.05) is 11.8 Å². The van der Waals surface area contributed by atoms with Crippen LogP contribution in [0.25, 0.3) is 11.4 Å². The van der Waals surface area contributed by atoms with E-state index in [0.29, 0.717) is 17.3 Å². The number of benzene rings is 1. The first-order valence-corrected chi connectivity index (χ1v) is 9.90. The molecule has 1 aromatic heterocycles. The molecule has 0 spiro atoms. The summed E-state index contributed by atoms with van der Waals surface area (Å²) >= 11 is 0. The maximum atomic E-state index is 12.4. The van der Waals surface area contributed by atoms with Crippen molar-refractivity contribution in [2.75, 3.05) is 13.2 Å². The summed E-state index contributed by atoms with van der Waals surface area (Å²) in [6.07, 6.45) is 5.04. The van der Waals surface area contributed by atoms with Crippen LogP contribution in [-0.4, -0.2) is 51.7 Å². The van der Waals surface area contributed by atoms with E-state index in [1.807, 2.05) is 37.3 Å². The number of hydroxylamine groups is 2. The van der Waals surface area contributed by atoms with E-state index in [1.54, 1.807) is 0 Å². The highest BCUT2D eigenvalue weighted by molar-refractivity contribution is 5.92. The first kappa shape index (κ1) is 23.0. The van der Waals surface area contributed by atoms with Crippen LogP contribution in [0, 0.1) is 5.92 Å². The Bertz CT molecular complexity index is 831. The number of rotatable bonds is 12. The molecule has 1 atom stereocenters. The van der Waals surface area contributed by atoms with Crippen molar-refractivity contribution in [3.63, 3.8) is 0 Å². The molecule has 0 unspecified atom stereocenters. The molecule has 1 aromatic carbocycles. The number of hydrogen-bond acceptors (Lipinski definition) is 6. The van der Waals surface area contributed by atoms with Crippen molar-refractivity contribution in [2.45, 2.75) is 32.6 Å². The minimum Gasteiger partial charge on any atom is -0.338 e. The van der Waals surface area contributed by atoms with Crippen LogP contribution in [0.5, 0.6) is 0 Å². The first-order valence-electron chi connectivity index (χ1n) is 9.90. The molecule has 0 aliphatic rings. The molecule has 0 saturated carbocycles. The fourth-order valence-electron chi connectivity index (χ4n) is 2.87. The lowest BCUT2D eigenvalue weighted by molar-refractivity contribution is -0.154. The van der Waals surface area contributed by atoms with Gasteiger partial charge in [0.1, 0.15) is 5.69 Å². The molecule has 0 aliphatic carbocycles. The minimum atomic E-state index is -0.563. The highest BCUT2D eigenvalue weighted by atomic mass is 16.5. The van der Waals surface area contributed by atoms with Gasteiger partial charge in [-0.3, -0.25) is 19.6 Å². The molecule has 0 saturated heterocycles. The molecule has 0 fully saturated rings. The van der Waals surface area contributed by atoms with Crippen molar-refractivity contribution in [2.24, 2.45) is 5.92 Å². The molecule has 30 heavy (non-hydrogen) atoms. The zero-order chi connectivity index (χ0) is 21.8. The lowest BCUT2D eigenvalue weighted by Gasteiger charge is -2.19. The third-order valence-corrected chi connectivity index (χ3v) is 4.49. The molecule has 160 valence electrons. The largest absolute Gasteiger partial charge is 0.338 e. The molecule has 0 bridgehead atoms. The Morgan fingerprint density at radius 3 is 2.63 bits per heavy atom. The van der Waals surface area contributed by atoms with Crippen LogP contribution < -0.4 is 10.6 Å². The average molecular weight is 413 g/mol. The zero-order valence-corrected chi connectivity index (χ0v) is 17.0. The fraction of sp³-hybridized carbons (Fsp3) is 0.381. The molecule has 2 aromatic rings. The van der Waals surface area contributed by atoms with Crippen molar-refractivity contribution in [3.8, 4) is 11.4 Å². The minimum absolute atomic E-state index is 0.0979. The van der Waals surface area contributed by atoms with Gasteiger partial charge in [0.15, 0.2) is 5.82 Å². The van der Waals surface area contributed by atoms with E-state index in [2.05, 4.69) is 20.6 Å². The normalized spacial score (nSPS) is 11.4. The van der Waals surface area contributed by atoms with Crippen LogP contribution in [0.15, 0.2) is 42.6 Å². The second-order valence-electron chi connectivity index (χ2n) is 6.78. The number of amides is 3. The van der Waals surface area contributed by atoms with E-state index in [4.69, 9.17) is 0 Å². The molecule has 1 heterocycles. The summed E-state index contributed by atoms with van der Waals surface area (Å²) < 4.78 is 0. The van der Waals surface area contributed by atoms with Gasteiger partial charge in [-0.2, -0.15) is 0 Å². The summed E-state index contributed by atoms with van der Waals surface area (Å²) in [6.45, 7) is 1.85. The van der Waals surface area contributed by atoms with E-state index in [-0.39, 0.29) is 31.2 Å². The van der Waals surface area contributed by atoms with Crippen molar-refractivity contribution in [1.82, 2.24) is 25.7 Å². The van der Waals surface area contributed by atoms with Gasteiger partial charge in [0.2, 0.25) is 12.3 Å². The summed E-state index contributed by atoms with van der Waals surface area (Å²) in [7, 11) is 0. The van der Waals surface area contributed by atoms with E-state index in [9.17, 15) is 19.6 Å². The van der Waals surface area contributed by atoms with Gasteiger partial charge >= 0.3 is 0 Å². The maximum absolute atomic E-state index is 12.4. The third kappa shape index (κ3) is 7.25. The molecule has 0 radical (unpaired) electrons. The fourth-order valence-corrected chi connectivity index (χ4v) is 2.87. The Labute approximate surface area is 175 Å². The number of hydrogen-bond donors (Lipinski definition) is 3. The van der Waals surface area contributed by atoms with Crippen LogP contribution in [-0.2, 0) is 9.59 Å². The van der Waals surface area contributed by atoms with Crippen molar-refractivity contribution < 1.29 is 19.6 Å². The Morgan fingerprint density at radius 2 is 1.93 bits per heavy atom. The summed E-state index contributed by atoms with van der Waals surface area (Å²) in [5.74, 6) is -0.929. The van der Waals surface area contributed by atoms with Crippen molar-refractivity contribution >= 4 is 18.2 Å². The number of carbonyl (C=O) groups excluding carboxylic acids is 3. The Balaban J connectivity index is 1.90. The molecule has 2 rings (SSSR count). The molecule has 0 aliphatic heterocycles. The summed E-state index contributed by atoms with van der Waals surface area (Å²) in [4.78, 5) is 43.9. The molecule has 3 N–H and O–H groups in total. The Morgan fingerprint density at radius 1 is 1.17 bits per heavy atom. The maximum Gasteiger partial charge on any atom is 0.271 e. The summed E-state index contributed by atoms with van der Waals surface area (Å²) in [6, 6.07) is 10.8. The number of aromatic nitrogens is 2. The zero-order valence-electron chi connectivity index (χ0n) is 17.0. The lowest BCUT2D eigenvalue weighted by Crippen LogP contribution is -2.43. The monoisotopic (exact) mass is 413 g/mol. The summed E-state index contributed by atoms with van der Waals surface area (Å²) in [5, 5.41) is 15.1. The van der Waals surface area contributed by atoms with Crippen LogP contribution >= 0.6 is 0 Å². The van der Waals surface area contributed by atoms with Gasteiger partial charge in [0.05, 0.1) is 19.1 Å². The second kappa shape index (κ2) is 12.3. The quantitative estimate of drug-likeness (QED) is 0.161. The number of unbranched alkanes of at least 4 members (excludes halogenated alkanes) is 2. The SMILES string of the molecule is CCCCC[C@H](CN(O)C=O)C(=O)NCNC(=O)c1ccnc(-c2ccccc2)n1. The second-order valence-corrected chi connectivity index (χ2v) is 6.78. The van der Waals surface area contributed by atoms with Gasteiger partial charge in [0.25, 0.3) is 5.91 Å². The van der Waals surface area contributed by atoms with Gasteiger partial charge in [-0.15, -0.1) is 0 Å². The molecular formula is C21H27N5O4.